The summed E-state index contributed by atoms with van der Waals surface area (Å²) in [6.45, 7) is 3.62. The number of carbonyl (C=O) groups is 1. The van der Waals surface area contributed by atoms with Crippen LogP contribution in [0.15, 0.2) is 49.2 Å². The van der Waals surface area contributed by atoms with Gasteiger partial charge in [0.05, 0.1) is 11.2 Å². The predicted molar refractivity (Wildman–Crippen MR) is 77.1 cm³/mol. The van der Waals surface area contributed by atoms with Gasteiger partial charge in [-0.1, -0.05) is 24.8 Å². The minimum Gasteiger partial charge on any atom is -0.304 e. The molecular formula is C16H16N2O. The number of fused-ring (bicyclic) bond motifs is 1. The van der Waals surface area contributed by atoms with E-state index in [4.69, 9.17) is 0 Å². The number of benzene rings is 1. The Balaban J connectivity index is 2.14. The van der Waals surface area contributed by atoms with Crippen LogP contribution in [0.1, 0.15) is 19.3 Å². The van der Waals surface area contributed by atoms with Crippen LogP contribution in [0.2, 0.25) is 0 Å². The Hall–Kier alpha value is -2.16. The summed E-state index contributed by atoms with van der Waals surface area (Å²) < 4.78 is 0. The number of amides is 1. The first-order valence-electron chi connectivity index (χ1n) is 6.60. The summed E-state index contributed by atoms with van der Waals surface area (Å²) in [6, 6.07) is 10.2. The van der Waals surface area contributed by atoms with Crippen molar-refractivity contribution in [3.05, 3.63) is 49.2 Å². The van der Waals surface area contributed by atoms with Gasteiger partial charge in [-0.2, -0.15) is 0 Å². The van der Waals surface area contributed by atoms with E-state index < -0.39 is 0 Å². The molecule has 2 aromatic rings. The van der Waals surface area contributed by atoms with Crippen LogP contribution in [0.5, 0.6) is 0 Å². The fraction of sp³-hybridized carbons (Fsp3) is 0.250. The van der Waals surface area contributed by atoms with Gasteiger partial charge in [0.25, 0.3) is 5.91 Å². The average molecular weight is 252 g/mol. The molecule has 1 aromatic heterocycles. The van der Waals surface area contributed by atoms with Crippen LogP contribution in [0.25, 0.3) is 10.9 Å². The van der Waals surface area contributed by atoms with Gasteiger partial charge >= 0.3 is 0 Å². The fourth-order valence-corrected chi connectivity index (χ4v) is 2.52. The minimum absolute atomic E-state index is 0.0390. The third-order valence-corrected chi connectivity index (χ3v) is 3.72. The van der Waals surface area contributed by atoms with Gasteiger partial charge in [0.2, 0.25) is 0 Å². The van der Waals surface area contributed by atoms with Gasteiger partial charge in [-0.3, -0.25) is 9.78 Å². The van der Waals surface area contributed by atoms with Crippen molar-refractivity contribution in [2.75, 3.05) is 4.90 Å². The number of hydrogen-bond acceptors (Lipinski definition) is 2. The second-order valence-electron chi connectivity index (χ2n) is 4.85. The standard InChI is InChI=1S/C16H16N2O/c1-2-15(19)18(13-8-4-9-13)14-10-3-6-12-7-5-11-17-16(12)14/h2-3,5-7,10-11,13H,1,4,8-9H2. The number of anilines is 1. The molecule has 1 fully saturated rings. The van der Waals surface area contributed by atoms with Gasteiger partial charge < -0.3 is 4.90 Å². The number of hydrogen-bond donors (Lipinski definition) is 0. The number of para-hydroxylation sites is 1. The molecule has 96 valence electrons. The summed E-state index contributed by atoms with van der Waals surface area (Å²) in [6.07, 6.45) is 6.46. The summed E-state index contributed by atoms with van der Waals surface area (Å²) >= 11 is 0. The Labute approximate surface area is 112 Å². The molecule has 0 saturated heterocycles. The van der Waals surface area contributed by atoms with E-state index in [0.717, 1.165) is 29.4 Å². The lowest BCUT2D eigenvalue weighted by Crippen LogP contribution is -2.43. The first-order valence-corrected chi connectivity index (χ1v) is 6.60. The molecule has 0 N–H and O–H groups in total. The predicted octanol–water partition coefficient (Wildman–Crippen LogP) is 3.31. The maximum Gasteiger partial charge on any atom is 0.250 e. The molecule has 0 bridgehead atoms. The van der Waals surface area contributed by atoms with Crippen molar-refractivity contribution in [2.24, 2.45) is 0 Å². The van der Waals surface area contributed by atoms with Crippen LogP contribution in [-0.4, -0.2) is 16.9 Å². The molecule has 0 spiro atoms. The molecule has 3 nitrogen and oxygen atoms in total. The Bertz CT molecular complexity index is 626. The molecule has 0 aliphatic heterocycles. The summed E-state index contributed by atoms with van der Waals surface area (Å²) in [4.78, 5) is 18.5. The maximum atomic E-state index is 12.2. The average Bonchev–Trinajstić information content (AvgIpc) is 2.41. The summed E-state index contributed by atoms with van der Waals surface area (Å²) in [5.74, 6) is -0.0390. The quantitative estimate of drug-likeness (QED) is 0.785. The van der Waals surface area contributed by atoms with Gasteiger partial charge in [-0.25, -0.2) is 0 Å². The zero-order valence-electron chi connectivity index (χ0n) is 10.7. The van der Waals surface area contributed by atoms with E-state index in [1.807, 2.05) is 35.2 Å². The van der Waals surface area contributed by atoms with Crippen molar-refractivity contribution in [1.82, 2.24) is 4.98 Å². The molecule has 1 heterocycles. The van der Waals surface area contributed by atoms with Gasteiger partial charge in [0.1, 0.15) is 0 Å². The molecule has 19 heavy (non-hydrogen) atoms. The van der Waals surface area contributed by atoms with E-state index in [1.165, 1.54) is 12.5 Å². The Kier molecular flexibility index (Phi) is 3.03. The summed E-state index contributed by atoms with van der Waals surface area (Å²) in [5.41, 5.74) is 1.78. The van der Waals surface area contributed by atoms with E-state index >= 15 is 0 Å². The zero-order chi connectivity index (χ0) is 13.2. The van der Waals surface area contributed by atoms with Crippen molar-refractivity contribution < 1.29 is 4.79 Å². The molecule has 1 amide bonds. The number of nitrogens with zero attached hydrogens (tertiary/aromatic N) is 2. The number of carbonyl (C=O) groups excluding carboxylic acids is 1. The third kappa shape index (κ3) is 2.01. The van der Waals surface area contributed by atoms with Gasteiger partial charge in [-0.15, -0.1) is 0 Å². The lowest BCUT2D eigenvalue weighted by Gasteiger charge is -2.37. The van der Waals surface area contributed by atoms with Crippen LogP contribution in [0.4, 0.5) is 5.69 Å². The zero-order valence-corrected chi connectivity index (χ0v) is 10.7. The van der Waals surface area contributed by atoms with Crippen molar-refractivity contribution >= 4 is 22.5 Å². The normalized spacial score (nSPS) is 14.9. The van der Waals surface area contributed by atoms with Crippen LogP contribution >= 0.6 is 0 Å². The lowest BCUT2D eigenvalue weighted by molar-refractivity contribution is -0.114. The molecule has 1 saturated carbocycles. The monoisotopic (exact) mass is 252 g/mol. The number of aromatic nitrogens is 1. The Morgan fingerprint density at radius 3 is 2.79 bits per heavy atom. The highest BCUT2D eigenvalue weighted by Gasteiger charge is 2.29. The molecule has 1 aromatic carbocycles. The van der Waals surface area contributed by atoms with E-state index in [9.17, 15) is 4.79 Å². The molecule has 1 aliphatic carbocycles. The number of pyridine rings is 1. The van der Waals surface area contributed by atoms with Gasteiger partial charge in [0, 0.05) is 17.6 Å². The van der Waals surface area contributed by atoms with Crippen molar-refractivity contribution in [3.63, 3.8) is 0 Å². The highest BCUT2D eigenvalue weighted by atomic mass is 16.2. The largest absolute Gasteiger partial charge is 0.304 e. The first kappa shape index (κ1) is 11.9. The topological polar surface area (TPSA) is 33.2 Å². The summed E-state index contributed by atoms with van der Waals surface area (Å²) in [7, 11) is 0. The molecule has 1 aliphatic rings. The molecule has 3 rings (SSSR count). The minimum atomic E-state index is -0.0390. The van der Waals surface area contributed by atoms with Crippen molar-refractivity contribution in [3.8, 4) is 0 Å². The molecular weight excluding hydrogens is 236 g/mol. The van der Waals surface area contributed by atoms with Gasteiger partial charge in [0.15, 0.2) is 0 Å². The second-order valence-corrected chi connectivity index (χ2v) is 4.85. The smallest absolute Gasteiger partial charge is 0.250 e. The van der Waals surface area contributed by atoms with E-state index in [2.05, 4.69) is 11.6 Å². The van der Waals surface area contributed by atoms with Crippen molar-refractivity contribution in [1.29, 1.82) is 0 Å². The van der Waals surface area contributed by atoms with Crippen molar-refractivity contribution in [2.45, 2.75) is 25.3 Å². The Morgan fingerprint density at radius 1 is 1.32 bits per heavy atom. The van der Waals surface area contributed by atoms with Crippen LogP contribution < -0.4 is 4.90 Å². The Morgan fingerprint density at radius 2 is 2.11 bits per heavy atom. The fourth-order valence-electron chi connectivity index (χ4n) is 2.52. The number of rotatable bonds is 3. The highest BCUT2D eigenvalue weighted by molar-refractivity contribution is 6.07. The van der Waals surface area contributed by atoms with Crippen LogP contribution in [0.3, 0.4) is 0 Å². The molecule has 3 heteroatoms. The van der Waals surface area contributed by atoms with Gasteiger partial charge in [-0.05, 0) is 37.5 Å². The van der Waals surface area contributed by atoms with Crippen LogP contribution in [-0.2, 0) is 4.79 Å². The molecule has 0 unspecified atom stereocenters. The van der Waals surface area contributed by atoms with E-state index in [1.54, 1.807) is 6.20 Å². The molecule has 0 radical (unpaired) electrons. The summed E-state index contributed by atoms with van der Waals surface area (Å²) in [5, 5.41) is 1.06. The molecule has 0 atom stereocenters. The first-order chi connectivity index (χ1) is 9.31. The van der Waals surface area contributed by atoms with Crippen LogP contribution in [0, 0.1) is 0 Å². The van der Waals surface area contributed by atoms with E-state index in [0.29, 0.717) is 0 Å². The highest BCUT2D eigenvalue weighted by Crippen LogP contribution is 2.33. The SMILES string of the molecule is C=CC(=O)N(c1cccc2cccnc12)C1CCC1. The second kappa shape index (κ2) is 4.84. The third-order valence-electron chi connectivity index (χ3n) is 3.72. The van der Waals surface area contributed by atoms with E-state index in [-0.39, 0.29) is 11.9 Å². The lowest BCUT2D eigenvalue weighted by atomic mass is 9.90. The maximum absolute atomic E-state index is 12.2.